The van der Waals surface area contributed by atoms with E-state index in [9.17, 15) is 18.4 Å². The first kappa shape index (κ1) is 9.76. The molecule has 0 unspecified atom stereocenters. The molecule has 1 aromatic carbocycles. The lowest BCUT2D eigenvalue weighted by Gasteiger charge is -2.08. The maximum absolute atomic E-state index is 12.8. The summed E-state index contributed by atoms with van der Waals surface area (Å²) in [5.41, 5.74) is -0.137. The van der Waals surface area contributed by atoms with Crippen LogP contribution in [0.25, 0.3) is 0 Å². The molecule has 2 amide bonds. The van der Waals surface area contributed by atoms with Crippen molar-refractivity contribution in [2.45, 2.75) is 6.92 Å². The van der Waals surface area contributed by atoms with Crippen LogP contribution in [-0.2, 0) is 0 Å². The Bertz CT molecular complexity index is 430. The minimum Gasteiger partial charge on any atom is -0.275 e. The quantitative estimate of drug-likeness (QED) is 0.661. The molecular formula is C10H7F2NO2. The van der Waals surface area contributed by atoms with Crippen molar-refractivity contribution in [1.29, 1.82) is 0 Å². The van der Waals surface area contributed by atoms with E-state index in [2.05, 4.69) is 0 Å². The molecule has 0 bridgehead atoms. The number of carbonyl (C=O) groups is 2. The average Bonchev–Trinajstić information content (AvgIpc) is 2.42. The number of rotatable bonds is 1. The van der Waals surface area contributed by atoms with Gasteiger partial charge in [-0.2, -0.15) is 0 Å². The Kier molecular flexibility index (Phi) is 2.03. The fourth-order valence-electron chi connectivity index (χ4n) is 1.57. The van der Waals surface area contributed by atoms with Crippen molar-refractivity contribution in [3.05, 3.63) is 34.9 Å². The van der Waals surface area contributed by atoms with Gasteiger partial charge in [0.25, 0.3) is 11.8 Å². The summed E-state index contributed by atoms with van der Waals surface area (Å²) in [6.07, 6.45) is 0. The molecule has 1 aromatic rings. The second-order valence-corrected chi connectivity index (χ2v) is 3.17. The van der Waals surface area contributed by atoms with E-state index in [0.717, 1.165) is 17.0 Å². The van der Waals surface area contributed by atoms with Gasteiger partial charge in [-0.25, -0.2) is 8.78 Å². The van der Waals surface area contributed by atoms with Crippen molar-refractivity contribution < 1.29 is 18.4 Å². The third-order valence-corrected chi connectivity index (χ3v) is 2.33. The van der Waals surface area contributed by atoms with Crippen molar-refractivity contribution >= 4 is 11.8 Å². The van der Waals surface area contributed by atoms with E-state index in [1.54, 1.807) is 6.92 Å². The number of carbonyl (C=O) groups excluding carboxylic acids is 2. The first-order chi connectivity index (χ1) is 7.06. The van der Waals surface area contributed by atoms with E-state index >= 15 is 0 Å². The van der Waals surface area contributed by atoms with Crippen LogP contribution >= 0.6 is 0 Å². The summed E-state index contributed by atoms with van der Waals surface area (Å²) in [4.78, 5) is 24.0. The zero-order valence-electron chi connectivity index (χ0n) is 7.88. The molecule has 5 heteroatoms. The van der Waals surface area contributed by atoms with Crippen LogP contribution in [0, 0.1) is 11.6 Å². The highest BCUT2D eigenvalue weighted by Gasteiger charge is 2.35. The van der Waals surface area contributed by atoms with E-state index in [1.807, 2.05) is 0 Å². The number of halogens is 2. The normalized spacial score (nSPS) is 14.7. The average molecular weight is 211 g/mol. The second kappa shape index (κ2) is 3.12. The summed E-state index contributed by atoms with van der Waals surface area (Å²) < 4.78 is 25.7. The highest BCUT2D eigenvalue weighted by molar-refractivity contribution is 6.21. The molecule has 0 aromatic heterocycles. The van der Waals surface area contributed by atoms with E-state index in [4.69, 9.17) is 0 Å². The van der Waals surface area contributed by atoms with E-state index in [-0.39, 0.29) is 17.7 Å². The maximum atomic E-state index is 12.8. The predicted molar refractivity (Wildman–Crippen MR) is 47.4 cm³/mol. The van der Waals surface area contributed by atoms with Gasteiger partial charge >= 0.3 is 0 Å². The fourth-order valence-corrected chi connectivity index (χ4v) is 1.57. The molecule has 1 aliphatic heterocycles. The number of hydrogen-bond donors (Lipinski definition) is 0. The molecule has 0 radical (unpaired) electrons. The van der Waals surface area contributed by atoms with Crippen LogP contribution in [0.15, 0.2) is 12.1 Å². The molecule has 15 heavy (non-hydrogen) atoms. The Morgan fingerprint density at radius 2 is 1.47 bits per heavy atom. The van der Waals surface area contributed by atoms with Crippen LogP contribution in [0.3, 0.4) is 0 Å². The van der Waals surface area contributed by atoms with Crippen LogP contribution in [0.1, 0.15) is 27.6 Å². The molecule has 2 rings (SSSR count). The third-order valence-electron chi connectivity index (χ3n) is 2.33. The Morgan fingerprint density at radius 3 is 1.80 bits per heavy atom. The van der Waals surface area contributed by atoms with E-state index in [0.29, 0.717) is 0 Å². The molecule has 0 saturated heterocycles. The van der Waals surface area contributed by atoms with E-state index in [1.165, 1.54) is 0 Å². The summed E-state index contributed by atoms with van der Waals surface area (Å²) in [7, 11) is 0. The number of hydrogen-bond acceptors (Lipinski definition) is 2. The highest BCUT2D eigenvalue weighted by atomic mass is 19.2. The lowest BCUT2D eigenvalue weighted by molar-refractivity contribution is 0.0662. The SMILES string of the molecule is CCN1C(=O)c2cc(F)c(F)cc2C1=O. The van der Waals surface area contributed by atoms with Crippen molar-refractivity contribution in [2.24, 2.45) is 0 Å². The summed E-state index contributed by atoms with van der Waals surface area (Å²) in [6.45, 7) is 1.81. The zero-order chi connectivity index (χ0) is 11.2. The zero-order valence-corrected chi connectivity index (χ0v) is 7.88. The van der Waals surface area contributed by atoms with Gasteiger partial charge in [0.05, 0.1) is 11.1 Å². The highest BCUT2D eigenvalue weighted by Crippen LogP contribution is 2.24. The van der Waals surface area contributed by atoms with Crippen molar-refractivity contribution in [1.82, 2.24) is 4.90 Å². The monoisotopic (exact) mass is 211 g/mol. The van der Waals surface area contributed by atoms with Gasteiger partial charge in [0.1, 0.15) is 0 Å². The summed E-state index contributed by atoms with van der Waals surface area (Å²) in [6, 6.07) is 1.53. The second-order valence-electron chi connectivity index (χ2n) is 3.17. The predicted octanol–water partition coefficient (Wildman–Crippen LogP) is 1.58. The lowest BCUT2D eigenvalue weighted by Crippen LogP contribution is -2.29. The third kappa shape index (κ3) is 1.23. The molecule has 1 aliphatic rings. The lowest BCUT2D eigenvalue weighted by atomic mass is 10.1. The van der Waals surface area contributed by atoms with Crippen molar-refractivity contribution in [3.8, 4) is 0 Å². The molecule has 0 aliphatic carbocycles. The fraction of sp³-hybridized carbons (Fsp3) is 0.200. The smallest absolute Gasteiger partial charge is 0.261 e. The Labute approximate surface area is 84.3 Å². The topological polar surface area (TPSA) is 37.4 Å². The molecule has 0 saturated carbocycles. The number of benzene rings is 1. The van der Waals surface area contributed by atoms with Gasteiger partial charge in [-0.05, 0) is 19.1 Å². The van der Waals surface area contributed by atoms with Gasteiger partial charge in [0, 0.05) is 6.54 Å². The molecule has 3 nitrogen and oxygen atoms in total. The standard InChI is InChI=1S/C10H7F2NO2/c1-2-13-9(14)5-3-7(11)8(12)4-6(5)10(13)15/h3-4H,2H2,1H3. The van der Waals surface area contributed by atoms with Gasteiger partial charge in [-0.3, -0.25) is 14.5 Å². The first-order valence-electron chi connectivity index (χ1n) is 4.41. The van der Waals surface area contributed by atoms with Gasteiger partial charge in [-0.1, -0.05) is 0 Å². The number of imide groups is 1. The van der Waals surface area contributed by atoms with Gasteiger partial charge in [0.2, 0.25) is 0 Å². The van der Waals surface area contributed by atoms with Crippen LogP contribution in [0.5, 0.6) is 0 Å². The minimum atomic E-state index is -1.12. The van der Waals surface area contributed by atoms with Crippen LogP contribution in [-0.4, -0.2) is 23.3 Å². The van der Waals surface area contributed by atoms with Crippen LogP contribution in [0.2, 0.25) is 0 Å². The van der Waals surface area contributed by atoms with Crippen LogP contribution in [0.4, 0.5) is 8.78 Å². The summed E-state index contributed by atoms with van der Waals surface area (Å²) in [5.74, 6) is -3.38. The van der Waals surface area contributed by atoms with Crippen LogP contribution < -0.4 is 0 Å². The molecule has 0 N–H and O–H groups in total. The molecular weight excluding hydrogens is 204 g/mol. The number of nitrogens with zero attached hydrogens (tertiary/aromatic N) is 1. The Hall–Kier alpha value is -1.78. The number of amides is 2. The van der Waals surface area contributed by atoms with Gasteiger partial charge < -0.3 is 0 Å². The van der Waals surface area contributed by atoms with Gasteiger partial charge in [0.15, 0.2) is 11.6 Å². The number of fused-ring (bicyclic) bond motifs is 1. The largest absolute Gasteiger partial charge is 0.275 e. The molecule has 0 fully saturated rings. The van der Waals surface area contributed by atoms with Crippen molar-refractivity contribution in [3.63, 3.8) is 0 Å². The Balaban J connectivity index is 2.63. The van der Waals surface area contributed by atoms with E-state index < -0.39 is 23.4 Å². The maximum Gasteiger partial charge on any atom is 0.261 e. The Morgan fingerprint density at radius 1 is 1.07 bits per heavy atom. The van der Waals surface area contributed by atoms with Gasteiger partial charge in [-0.15, -0.1) is 0 Å². The van der Waals surface area contributed by atoms with Crippen molar-refractivity contribution in [2.75, 3.05) is 6.54 Å². The summed E-state index contributed by atoms with van der Waals surface area (Å²) in [5, 5.41) is 0. The molecule has 0 spiro atoms. The molecule has 1 heterocycles. The summed E-state index contributed by atoms with van der Waals surface area (Å²) >= 11 is 0. The first-order valence-corrected chi connectivity index (χ1v) is 4.41. The molecule has 78 valence electrons. The minimum absolute atomic E-state index is 0.0687. The molecule has 0 atom stereocenters.